The van der Waals surface area contributed by atoms with Crippen molar-refractivity contribution in [3.8, 4) is 5.75 Å². The monoisotopic (exact) mass is 439 g/mol. The molecule has 2 aliphatic rings. The average molecular weight is 440 g/mol. The Bertz CT molecular complexity index is 933. The summed E-state index contributed by atoms with van der Waals surface area (Å²) in [5.74, 6) is 1.38. The van der Waals surface area contributed by atoms with E-state index in [0.29, 0.717) is 37.4 Å². The van der Waals surface area contributed by atoms with Crippen LogP contribution in [0.2, 0.25) is 0 Å². The number of aromatic nitrogens is 2. The Balaban J connectivity index is 1.32. The molecule has 8 heteroatoms. The van der Waals surface area contributed by atoms with Crippen LogP contribution in [0.25, 0.3) is 0 Å². The largest absolute Gasteiger partial charge is 0.492 e. The van der Waals surface area contributed by atoms with Gasteiger partial charge in [0.05, 0.1) is 6.54 Å². The van der Waals surface area contributed by atoms with E-state index in [-0.39, 0.29) is 12.5 Å². The maximum absolute atomic E-state index is 13.0. The minimum atomic E-state index is -0.979. The highest BCUT2D eigenvalue weighted by molar-refractivity contribution is 5.94. The minimum absolute atomic E-state index is 0.125. The molecule has 8 nitrogen and oxygen atoms in total. The van der Waals surface area contributed by atoms with Crippen molar-refractivity contribution in [1.82, 2.24) is 19.8 Å². The molecule has 0 bridgehead atoms. The summed E-state index contributed by atoms with van der Waals surface area (Å²) in [4.78, 5) is 27.5. The van der Waals surface area contributed by atoms with Crippen LogP contribution in [0.15, 0.2) is 36.7 Å². The zero-order chi connectivity index (χ0) is 22.6. The topological polar surface area (TPSA) is 82.0 Å². The van der Waals surface area contributed by atoms with Crippen LogP contribution in [-0.4, -0.2) is 89.3 Å². The molecule has 4 rings (SSSR count). The van der Waals surface area contributed by atoms with Crippen molar-refractivity contribution in [3.63, 3.8) is 0 Å². The summed E-state index contributed by atoms with van der Waals surface area (Å²) < 4.78 is 5.88. The summed E-state index contributed by atoms with van der Waals surface area (Å²) in [5, 5.41) is 11.1. The molecule has 32 heavy (non-hydrogen) atoms. The molecule has 0 radical (unpaired) electrons. The second kappa shape index (κ2) is 9.83. The van der Waals surface area contributed by atoms with Gasteiger partial charge in [0.1, 0.15) is 30.1 Å². The number of amides is 1. The Labute approximate surface area is 189 Å². The second-order valence-corrected chi connectivity index (χ2v) is 9.00. The summed E-state index contributed by atoms with van der Waals surface area (Å²) in [6.07, 6.45) is 4.64. The summed E-state index contributed by atoms with van der Waals surface area (Å²) in [6, 6.07) is 9.22. The van der Waals surface area contributed by atoms with Crippen molar-refractivity contribution in [2.75, 3.05) is 57.8 Å². The van der Waals surface area contributed by atoms with Crippen LogP contribution in [-0.2, 0) is 0 Å². The van der Waals surface area contributed by atoms with Crippen molar-refractivity contribution < 1.29 is 14.6 Å². The maximum atomic E-state index is 13.0. The third kappa shape index (κ3) is 5.55. The number of rotatable bonds is 8. The predicted molar refractivity (Wildman–Crippen MR) is 123 cm³/mol. The molecule has 1 atom stereocenters. The lowest BCUT2D eigenvalue weighted by Crippen LogP contribution is -2.46. The number of aryl methyl sites for hydroxylation is 1. The van der Waals surface area contributed by atoms with E-state index in [2.05, 4.69) is 14.9 Å². The van der Waals surface area contributed by atoms with Crippen LogP contribution in [0.1, 0.15) is 35.3 Å². The fraction of sp³-hybridized carbons (Fsp3) is 0.542. The highest BCUT2D eigenvalue weighted by atomic mass is 16.5. The Morgan fingerprint density at radius 3 is 2.81 bits per heavy atom. The van der Waals surface area contributed by atoms with Gasteiger partial charge in [0.25, 0.3) is 5.91 Å². The molecule has 2 aliphatic heterocycles. The molecular formula is C24H33N5O3. The molecule has 0 spiro atoms. The number of carbonyl (C=O) groups excluding carboxylic acids is 1. The van der Waals surface area contributed by atoms with E-state index in [4.69, 9.17) is 4.74 Å². The fourth-order valence-electron chi connectivity index (χ4n) is 4.55. The summed E-state index contributed by atoms with van der Waals surface area (Å²) >= 11 is 0. The number of ether oxygens (including phenoxy) is 1. The molecule has 2 aromatic rings. The van der Waals surface area contributed by atoms with Gasteiger partial charge in [-0.25, -0.2) is 9.97 Å². The van der Waals surface area contributed by atoms with Gasteiger partial charge in [-0.3, -0.25) is 9.69 Å². The second-order valence-electron chi connectivity index (χ2n) is 9.00. The Morgan fingerprint density at radius 1 is 1.22 bits per heavy atom. The Hall–Kier alpha value is -2.71. The number of nitrogens with zero attached hydrogens (tertiary/aromatic N) is 5. The first-order valence-corrected chi connectivity index (χ1v) is 11.4. The van der Waals surface area contributed by atoms with Gasteiger partial charge < -0.3 is 19.6 Å². The standard InChI is InChI=1S/C24H33N5O3/c1-19-14-22(26-18-25-19)29-11-8-24(31,17-29)16-27(2)23(30)20-6-5-7-21(15-20)32-13-12-28-9-3-4-10-28/h5-7,14-15,18,31H,3-4,8-13,16-17H2,1-2H3/t24-/m1/s1. The zero-order valence-corrected chi connectivity index (χ0v) is 19.0. The third-order valence-corrected chi connectivity index (χ3v) is 6.28. The van der Waals surface area contributed by atoms with Crippen LogP contribution >= 0.6 is 0 Å². The van der Waals surface area contributed by atoms with E-state index >= 15 is 0 Å². The molecule has 2 fully saturated rings. The van der Waals surface area contributed by atoms with Gasteiger partial charge in [-0.1, -0.05) is 6.07 Å². The van der Waals surface area contributed by atoms with E-state index < -0.39 is 5.60 Å². The third-order valence-electron chi connectivity index (χ3n) is 6.28. The summed E-state index contributed by atoms with van der Waals surface area (Å²) in [7, 11) is 1.73. The van der Waals surface area contributed by atoms with Crippen LogP contribution in [0.3, 0.4) is 0 Å². The van der Waals surface area contributed by atoms with Gasteiger partial charge in [0.15, 0.2) is 0 Å². The number of benzene rings is 1. The number of aliphatic hydroxyl groups is 1. The average Bonchev–Trinajstić information content (AvgIpc) is 3.43. The first-order valence-electron chi connectivity index (χ1n) is 11.4. The molecule has 0 unspecified atom stereocenters. The smallest absolute Gasteiger partial charge is 0.253 e. The van der Waals surface area contributed by atoms with E-state index in [1.807, 2.05) is 30.0 Å². The lowest BCUT2D eigenvalue weighted by atomic mass is 10.0. The SMILES string of the molecule is Cc1cc(N2CC[C@@](O)(CN(C)C(=O)c3cccc(OCCN4CCCC4)c3)C2)ncn1. The van der Waals surface area contributed by atoms with Crippen LogP contribution in [0.5, 0.6) is 5.75 Å². The van der Waals surface area contributed by atoms with E-state index in [9.17, 15) is 9.90 Å². The number of anilines is 1. The minimum Gasteiger partial charge on any atom is -0.492 e. The van der Waals surface area contributed by atoms with Crippen molar-refractivity contribution in [1.29, 1.82) is 0 Å². The van der Waals surface area contributed by atoms with Gasteiger partial charge in [-0.05, 0) is 57.5 Å². The van der Waals surface area contributed by atoms with E-state index in [1.165, 1.54) is 19.2 Å². The molecule has 1 aromatic carbocycles. The van der Waals surface area contributed by atoms with Crippen LogP contribution < -0.4 is 9.64 Å². The van der Waals surface area contributed by atoms with Crippen LogP contribution in [0.4, 0.5) is 5.82 Å². The van der Waals surface area contributed by atoms with Crippen molar-refractivity contribution in [2.45, 2.75) is 31.8 Å². The van der Waals surface area contributed by atoms with E-state index in [1.54, 1.807) is 24.1 Å². The fourth-order valence-corrected chi connectivity index (χ4v) is 4.55. The normalized spacial score (nSPS) is 21.2. The lowest BCUT2D eigenvalue weighted by Gasteiger charge is -2.29. The molecule has 1 aromatic heterocycles. The quantitative estimate of drug-likeness (QED) is 0.673. The maximum Gasteiger partial charge on any atom is 0.253 e. The molecule has 1 N–H and O–H groups in total. The van der Waals surface area contributed by atoms with Crippen molar-refractivity contribution in [3.05, 3.63) is 47.9 Å². The van der Waals surface area contributed by atoms with Gasteiger partial charge in [-0.2, -0.15) is 0 Å². The van der Waals surface area contributed by atoms with Crippen LogP contribution in [0, 0.1) is 6.92 Å². The molecule has 2 saturated heterocycles. The van der Waals surface area contributed by atoms with Gasteiger partial charge in [0.2, 0.25) is 0 Å². The molecule has 172 valence electrons. The summed E-state index contributed by atoms with van der Waals surface area (Å²) in [6.45, 7) is 7.11. The first-order chi connectivity index (χ1) is 15.4. The highest BCUT2D eigenvalue weighted by Crippen LogP contribution is 2.27. The van der Waals surface area contributed by atoms with Crippen molar-refractivity contribution in [2.24, 2.45) is 0 Å². The number of likely N-dealkylation sites (N-methyl/N-ethyl adjacent to an activating group) is 1. The number of likely N-dealkylation sites (tertiary alicyclic amines) is 1. The number of hydrogen-bond donors (Lipinski definition) is 1. The molecule has 0 saturated carbocycles. The van der Waals surface area contributed by atoms with Crippen molar-refractivity contribution >= 4 is 11.7 Å². The zero-order valence-electron chi connectivity index (χ0n) is 19.0. The highest BCUT2D eigenvalue weighted by Gasteiger charge is 2.38. The first kappa shape index (κ1) is 22.5. The van der Waals surface area contributed by atoms with E-state index in [0.717, 1.165) is 31.1 Å². The Morgan fingerprint density at radius 2 is 2.03 bits per heavy atom. The molecule has 3 heterocycles. The molecule has 1 amide bonds. The van der Waals surface area contributed by atoms with Gasteiger partial charge >= 0.3 is 0 Å². The molecular weight excluding hydrogens is 406 g/mol. The number of hydrogen-bond acceptors (Lipinski definition) is 7. The molecule has 0 aliphatic carbocycles. The van der Waals surface area contributed by atoms with Gasteiger partial charge in [-0.15, -0.1) is 0 Å². The summed E-state index contributed by atoms with van der Waals surface area (Å²) in [5.41, 5.74) is 0.476. The lowest BCUT2D eigenvalue weighted by molar-refractivity contribution is 0.0264. The predicted octanol–water partition coefficient (Wildman–Crippen LogP) is 1.97. The number of β-amino-alcohol motifs (C(OH)–C–C–N with tert-alkyl or cyclic N) is 1. The Kier molecular flexibility index (Phi) is 6.91. The van der Waals surface area contributed by atoms with Gasteiger partial charge in [0, 0.05) is 44.0 Å². The number of carbonyl (C=O) groups is 1.